The van der Waals surface area contributed by atoms with Crippen LogP contribution in [0.4, 0.5) is 0 Å². The van der Waals surface area contributed by atoms with Crippen molar-refractivity contribution < 1.29 is 9.90 Å². The van der Waals surface area contributed by atoms with Crippen molar-refractivity contribution >= 4 is 16.9 Å². The van der Waals surface area contributed by atoms with E-state index in [1.54, 1.807) is 4.57 Å². The molecule has 100 valence electrons. The highest BCUT2D eigenvalue weighted by molar-refractivity contribution is 6.02. The minimum absolute atomic E-state index is 0.0800. The molecule has 0 aliphatic heterocycles. The van der Waals surface area contributed by atoms with Crippen LogP contribution in [0.2, 0.25) is 0 Å². The van der Waals surface area contributed by atoms with Crippen molar-refractivity contribution in [2.45, 2.75) is 33.2 Å². The van der Waals surface area contributed by atoms with Gasteiger partial charge in [0, 0.05) is 18.0 Å². The fourth-order valence-corrected chi connectivity index (χ4v) is 2.22. The van der Waals surface area contributed by atoms with E-state index in [1.807, 2.05) is 25.1 Å². The van der Waals surface area contributed by atoms with E-state index in [9.17, 15) is 14.7 Å². The summed E-state index contributed by atoms with van der Waals surface area (Å²) < 4.78 is 1.66. The molecule has 1 N–H and O–H groups in total. The lowest BCUT2D eigenvalue weighted by atomic mass is 10.1. The van der Waals surface area contributed by atoms with Crippen LogP contribution in [0.25, 0.3) is 10.9 Å². The van der Waals surface area contributed by atoms with Crippen molar-refractivity contribution in [3.8, 4) is 0 Å². The van der Waals surface area contributed by atoms with Gasteiger partial charge in [-0.15, -0.1) is 0 Å². The van der Waals surface area contributed by atoms with Crippen LogP contribution in [-0.2, 0) is 6.54 Å². The lowest BCUT2D eigenvalue weighted by Gasteiger charge is -2.12. The third kappa shape index (κ3) is 2.52. The lowest BCUT2D eigenvalue weighted by molar-refractivity contribution is 0.0698. The third-order valence-electron chi connectivity index (χ3n) is 3.23. The summed E-state index contributed by atoms with van der Waals surface area (Å²) >= 11 is 0. The molecule has 0 aliphatic rings. The van der Waals surface area contributed by atoms with E-state index in [4.69, 9.17) is 0 Å². The zero-order valence-electron chi connectivity index (χ0n) is 11.1. The number of unbranched alkanes of at least 4 members (excludes halogenated alkanes) is 1. The van der Waals surface area contributed by atoms with Crippen LogP contribution in [0.3, 0.4) is 0 Å². The van der Waals surface area contributed by atoms with Gasteiger partial charge >= 0.3 is 5.97 Å². The van der Waals surface area contributed by atoms with Crippen molar-refractivity contribution in [2.75, 3.05) is 0 Å². The number of aromatic nitrogens is 1. The van der Waals surface area contributed by atoms with Gasteiger partial charge in [-0.3, -0.25) is 4.79 Å². The highest BCUT2D eigenvalue weighted by Crippen LogP contribution is 2.19. The summed E-state index contributed by atoms with van der Waals surface area (Å²) in [5, 5.41) is 9.84. The van der Waals surface area contributed by atoms with Crippen molar-refractivity contribution in [3.63, 3.8) is 0 Å². The van der Waals surface area contributed by atoms with Gasteiger partial charge in [-0.05, 0) is 25.5 Å². The Morgan fingerprint density at radius 1 is 1.32 bits per heavy atom. The molecule has 0 amide bonds. The summed E-state index contributed by atoms with van der Waals surface area (Å²) in [5.41, 5.74) is 1.51. The first-order valence-electron chi connectivity index (χ1n) is 6.42. The Morgan fingerprint density at radius 2 is 2.05 bits per heavy atom. The second kappa shape index (κ2) is 5.26. The number of carboxylic acid groups (broad SMARTS) is 1. The number of hydrogen-bond acceptors (Lipinski definition) is 2. The van der Waals surface area contributed by atoms with Crippen LogP contribution in [0.5, 0.6) is 0 Å². The zero-order valence-corrected chi connectivity index (χ0v) is 11.1. The van der Waals surface area contributed by atoms with Crippen LogP contribution in [0.1, 0.15) is 35.7 Å². The van der Waals surface area contributed by atoms with Crippen molar-refractivity contribution in [3.05, 3.63) is 45.7 Å². The van der Waals surface area contributed by atoms with Gasteiger partial charge in [0.25, 0.3) is 5.56 Å². The van der Waals surface area contributed by atoms with Crippen LogP contribution >= 0.6 is 0 Å². The molecule has 0 unspecified atom stereocenters. The van der Waals surface area contributed by atoms with Crippen LogP contribution < -0.4 is 5.56 Å². The van der Waals surface area contributed by atoms with Crippen molar-refractivity contribution in [2.24, 2.45) is 0 Å². The summed E-state index contributed by atoms with van der Waals surface area (Å²) in [5.74, 6) is -1.06. The first kappa shape index (κ1) is 13.3. The highest BCUT2D eigenvalue weighted by Gasteiger charge is 2.13. The Bertz CT molecular complexity index is 686. The number of fused-ring (bicyclic) bond motifs is 1. The molecule has 0 radical (unpaired) electrons. The molecule has 4 nitrogen and oxygen atoms in total. The molecule has 0 fully saturated rings. The third-order valence-corrected chi connectivity index (χ3v) is 3.23. The Kier molecular flexibility index (Phi) is 3.69. The van der Waals surface area contributed by atoms with Crippen molar-refractivity contribution in [1.82, 2.24) is 4.57 Å². The van der Waals surface area contributed by atoms with Crippen LogP contribution in [0.15, 0.2) is 29.1 Å². The SMILES string of the molecule is CCCCn1c(=O)cc(C(=O)O)c2cc(C)ccc21. The number of carbonyl (C=O) groups is 1. The van der Waals surface area contributed by atoms with Gasteiger partial charge in [0.15, 0.2) is 0 Å². The Balaban J connectivity index is 2.77. The Morgan fingerprint density at radius 3 is 2.68 bits per heavy atom. The number of nitrogens with zero attached hydrogens (tertiary/aromatic N) is 1. The predicted molar refractivity (Wildman–Crippen MR) is 74.8 cm³/mol. The van der Waals surface area contributed by atoms with Crippen LogP contribution in [-0.4, -0.2) is 15.6 Å². The number of hydrogen-bond donors (Lipinski definition) is 1. The molecule has 0 saturated heterocycles. The lowest BCUT2D eigenvalue weighted by Crippen LogP contribution is -2.22. The molecule has 0 aliphatic carbocycles. The predicted octanol–water partition coefficient (Wildman–Crippen LogP) is 2.81. The van der Waals surface area contributed by atoms with Gasteiger partial charge in [0.1, 0.15) is 0 Å². The summed E-state index contributed by atoms with van der Waals surface area (Å²) in [4.78, 5) is 23.3. The first-order chi connectivity index (χ1) is 9.04. The molecule has 0 bridgehead atoms. The Labute approximate surface area is 111 Å². The second-order valence-corrected chi connectivity index (χ2v) is 4.73. The van der Waals surface area contributed by atoms with Crippen molar-refractivity contribution in [1.29, 1.82) is 0 Å². The van der Waals surface area contributed by atoms with Gasteiger partial charge in [-0.25, -0.2) is 4.79 Å². The molecule has 2 rings (SSSR count). The maximum atomic E-state index is 12.0. The van der Waals surface area contributed by atoms with Crippen LogP contribution in [0, 0.1) is 6.92 Å². The van der Waals surface area contributed by atoms with Gasteiger partial charge in [-0.2, -0.15) is 0 Å². The molecule has 1 aromatic heterocycles. The summed E-state index contributed by atoms with van der Waals surface area (Å²) in [6.45, 7) is 4.59. The van der Waals surface area contributed by atoms with E-state index in [2.05, 4.69) is 6.92 Å². The molecule has 19 heavy (non-hydrogen) atoms. The van der Waals surface area contributed by atoms with Gasteiger partial charge in [0.05, 0.1) is 11.1 Å². The molecule has 1 aromatic carbocycles. The average Bonchev–Trinajstić information content (AvgIpc) is 2.37. The molecular weight excluding hydrogens is 242 g/mol. The van der Waals surface area contributed by atoms with E-state index in [0.717, 1.165) is 18.4 Å². The number of aryl methyl sites for hydroxylation is 2. The maximum Gasteiger partial charge on any atom is 0.336 e. The standard InChI is InChI=1S/C15H17NO3/c1-3-4-7-16-13-6-5-10(2)8-11(13)12(15(18)19)9-14(16)17/h5-6,8-9H,3-4,7H2,1-2H3,(H,18,19). The molecule has 0 saturated carbocycles. The van der Waals surface area contributed by atoms with E-state index in [-0.39, 0.29) is 11.1 Å². The highest BCUT2D eigenvalue weighted by atomic mass is 16.4. The molecule has 2 aromatic rings. The number of benzene rings is 1. The summed E-state index contributed by atoms with van der Waals surface area (Å²) in [6.07, 6.45) is 1.88. The fraction of sp³-hybridized carbons (Fsp3) is 0.333. The topological polar surface area (TPSA) is 59.3 Å². The normalized spacial score (nSPS) is 10.8. The van der Waals surface area contributed by atoms with E-state index < -0.39 is 5.97 Å². The molecule has 0 spiro atoms. The van der Waals surface area contributed by atoms with E-state index in [0.29, 0.717) is 17.4 Å². The number of carboxylic acids is 1. The first-order valence-corrected chi connectivity index (χ1v) is 6.42. The quantitative estimate of drug-likeness (QED) is 0.918. The smallest absolute Gasteiger partial charge is 0.336 e. The minimum atomic E-state index is -1.06. The van der Waals surface area contributed by atoms with E-state index in [1.165, 1.54) is 6.07 Å². The second-order valence-electron chi connectivity index (χ2n) is 4.73. The average molecular weight is 259 g/mol. The minimum Gasteiger partial charge on any atom is -0.478 e. The number of rotatable bonds is 4. The van der Waals surface area contributed by atoms with Gasteiger partial charge < -0.3 is 9.67 Å². The monoisotopic (exact) mass is 259 g/mol. The summed E-state index contributed by atoms with van der Waals surface area (Å²) in [6, 6.07) is 6.77. The summed E-state index contributed by atoms with van der Waals surface area (Å²) in [7, 11) is 0. The zero-order chi connectivity index (χ0) is 14.0. The van der Waals surface area contributed by atoms with Gasteiger partial charge in [-0.1, -0.05) is 25.0 Å². The largest absolute Gasteiger partial charge is 0.478 e. The van der Waals surface area contributed by atoms with Gasteiger partial charge in [0.2, 0.25) is 0 Å². The number of aromatic carboxylic acids is 1. The Hall–Kier alpha value is -2.10. The van der Waals surface area contributed by atoms with E-state index >= 15 is 0 Å². The molecule has 0 atom stereocenters. The molecule has 4 heteroatoms. The number of pyridine rings is 1. The molecule has 1 heterocycles. The molecular formula is C15H17NO3. The fourth-order valence-electron chi connectivity index (χ4n) is 2.22. The maximum absolute atomic E-state index is 12.0.